The summed E-state index contributed by atoms with van der Waals surface area (Å²) in [7, 11) is 1.73. The van der Waals surface area contributed by atoms with Crippen LogP contribution in [0.25, 0.3) is 0 Å². The topological polar surface area (TPSA) is 243 Å². The number of alkyl halides is 2. The molecule has 2 aliphatic heterocycles. The number of nitrogens with one attached hydrogen (secondary N) is 4. The number of halogens is 2. The molecule has 4 fully saturated rings. The normalized spacial score (nSPS) is 21.0. The van der Waals surface area contributed by atoms with Gasteiger partial charge in [0.15, 0.2) is 5.69 Å². The van der Waals surface area contributed by atoms with Crippen molar-refractivity contribution in [2.75, 3.05) is 105 Å². The van der Waals surface area contributed by atoms with Crippen molar-refractivity contribution in [1.29, 1.82) is 0 Å². The molecule has 464 valence electrons. The number of anilines is 1. The predicted molar refractivity (Wildman–Crippen MR) is 314 cm³/mol. The molecule has 86 heavy (non-hydrogen) atoms. The Morgan fingerprint density at radius 1 is 0.826 bits per heavy atom. The molecule has 3 aromatic heterocycles. The fraction of sp³-hybridized carbons (Fsp3) is 0.581. The van der Waals surface area contributed by atoms with Gasteiger partial charge in [0.2, 0.25) is 23.5 Å². The van der Waals surface area contributed by atoms with Crippen molar-refractivity contribution >= 4 is 46.4 Å². The largest absolute Gasteiger partial charge is 0.491 e. The first-order valence-electron chi connectivity index (χ1n) is 30.3. The third-order valence-electron chi connectivity index (χ3n) is 17.6. The van der Waals surface area contributed by atoms with Gasteiger partial charge in [-0.2, -0.15) is 10.2 Å². The summed E-state index contributed by atoms with van der Waals surface area (Å²) >= 11 is 1.38. The minimum Gasteiger partial charge on any atom is -0.491 e. The highest BCUT2D eigenvalue weighted by atomic mass is 32.1. The number of thiazole rings is 1. The van der Waals surface area contributed by atoms with Crippen LogP contribution in [-0.2, 0) is 50.9 Å². The SMILES string of the molecule is CNC(C)C(=O)NC(C(=O)N1CCC[C@@H]1c1nc(C(=O)c2cccc(OCCOCCOCCOCCOCCOCCC(=O)N3CC(C(c4ccccc4)n4cc(NC(=O)c5n[nH]c6c5C[C@@H]5C(F)(F)[C@]5(C)C6)cn4)C3)c2)cs1)C1CCCCC1. The van der Waals surface area contributed by atoms with Crippen molar-refractivity contribution in [3.05, 3.63) is 111 Å². The Labute approximate surface area is 503 Å². The van der Waals surface area contributed by atoms with Gasteiger partial charge < -0.3 is 54.2 Å². The number of likely N-dealkylation sites (tertiary alicyclic amines) is 2. The van der Waals surface area contributed by atoms with Crippen LogP contribution in [0.3, 0.4) is 0 Å². The molecular formula is C62H80F2N10O11S. The van der Waals surface area contributed by atoms with E-state index in [1.54, 1.807) is 67.6 Å². The van der Waals surface area contributed by atoms with Crippen LogP contribution in [0.2, 0.25) is 0 Å². The fourth-order valence-corrected chi connectivity index (χ4v) is 13.4. The number of aromatic nitrogens is 5. The van der Waals surface area contributed by atoms with Crippen molar-refractivity contribution in [2.45, 2.75) is 108 Å². The Balaban J connectivity index is 0.543. The van der Waals surface area contributed by atoms with Gasteiger partial charge in [0.1, 0.15) is 29.1 Å². The van der Waals surface area contributed by atoms with Crippen LogP contribution in [0.4, 0.5) is 14.5 Å². The number of hydrogen-bond donors (Lipinski definition) is 4. The Morgan fingerprint density at radius 2 is 1.51 bits per heavy atom. The monoisotopic (exact) mass is 1210 g/mol. The third kappa shape index (κ3) is 14.7. The van der Waals surface area contributed by atoms with Gasteiger partial charge in [0, 0.05) is 71.7 Å². The first-order chi connectivity index (χ1) is 41.7. The predicted octanol–water partition coefficient (Wildman–Crippen LogP) is 6.85. The smallest absolute Gasteiger partial charge is 0.276 e. The molecule has 0 bridgehead atoms. The molecule has 4 amide bonds. The maximum absolute atomic E-state index is 14.5. The second kappa shape index (κ2) is 29.0. The lowest BCUT2D eigenvalue weighted by molar-refractivity contribution is -0.140. The maximum atomic E-state index is 14.5. The number of ketones is 1. The maximum Gasteiger partial charge on any atom is 0.276 e. The lowest BCUT2D eigenvalue weighted by atomic mass is 9.83. The number of aromatic amines is 1. The van der Waals surface area contributed by atoms with Crippen LogP contribution in [0.1, 0.15) is 126 Å². The van der Waals surface area contributed by atoms with Crippen molar-refractivity contribution in [1.82, 2.24) is 45.4 Å². The highest BCUT2D eigenvalue weighted by Gasteiger charge is 2.78. The summed E-state index contributed by atoms with van der Waals surface area (Å²) in [6, 6.07) is 15.4. The lowest BCUT2D eigenvalue weighted by Gasteiger charge is -2.43. The first-order valence-corrected chi connectivity index (χ1v) is 31.1. The zero-order valence-corrected chi connectivity index (χ0v) is 50.1. The number of likely N-dealkylation sites (N-methyl/N-ethyl adjacent to an activating group) is 1. The highest BCUT2D eigenvalue weighted by molar-refractivity contribution is 7.10. The minimum atomic E-state index is -2.76. The fourth-order valence-electron chi connectivity index (χ4n) is 12.4. The van der Waals surface area contributed by atoms with E-state index in [0.29, 0.717) is 113 Å². The van der Waals surface area contributed by atoms with Gasteiger partial charge in [-0.15, -0.1) is 11.3 Å². The van der Waals surface area contributed by atoms with Gasteiger partial charge >= 0.3 is 0 Å². The number of nitrogens with zero attached hydrogens (tertiary/aromatic N) is 6. The zero-order valence-electron chi connectivity index (χ0n) is 49.3. The highest BCUT2D eigenvalue weighted by Crippen LogP contribution is 2.70. The van der Waals surface area contributed by atoms with Crippen LogP contribution < -0.4 is 20.7 Å². The Kier molecular flexibility index (Phi) is 21.1. The first kappa shape index (κ1) is 62.5. The average molecular weight is 1210 g/mol. The molecule has 0 radical (unpaired) electrons. The van der Waals surface area contributed by atoms with Gasteiger partial charge in [-0.3, -0.25) is 33.8 Å². The van der Waals surface area contributed by atoms with Crippen molar-refractivity contribution in [3.8, 4) is 5.75 Å². The molecule has 5 aromatic rings. The molecule has 3 unspecified atom stereocenters. The molecule has 3 aliphatic carbocycles. The molecule has 24 heteroatoms. The second-order valence-electron chi connectivity index (χ2n) is 23.3. The molecule has 10 rings (SSSR count). The van der Waals surface area contributed by atoms with E-state index in [4.69, 9.17) is 33.4 Å². The molecule has 2 saturated carbocycles. The van der Waals surface area contributed by atoms with Gasteiger partial charge in [0.05, 0.1) is 102 Å². The van der Waals surface area contributed by atoms with Crippen LogP contribution in [-0.4, -0.2) is 182 Å². The molecule has 2 aromatic carbocycles. The van der Waals surface area contributed by atoms with E-state index in [0.717, 1.165) is 55.5 Å². The summed E-state index contributed by atoms with van der Waals surface area (Å²) in [6.07, 6.45) is 10.4. The van der Waals surface area contributed by atoms with E-state index >= 15 is 0 Å². The third-order valence-corrected chi connectivity index (χ3v) is 18.6. The van der Waals surface area contributed by atoms with E-state index < -0.39 is 35.2 Å². The average Bonchev–Trinajstić information content (AvgIpc) is 1.52. The van der Waals surface area contributed by atoms with E-state index in [1.807, 2.05) is 40.1 Å². The number of fused-ring (bicyclic) bond motifs is 2. The van der Waals surface area contributed by atoms with Gasteiger partial charge in [-0.05, 0) is 69.7 Å². The Morgan fingerprint density at radius 3 is 2.21 bits per heavy atom. The molecule has 21 nitrogen and oxygen atoms in total. The quantitative estimate of drug-likeness (QED) is 0.0254. The van der Waals surface area contributed by atoms with E-state index in [2.05, 4.69) is 31.2 Å². The van der Waals surface area contributed by atoms with Crippen LogP contribution in [0.15, 0.2) is 72.4 Å². The van der Waals surface area contributed by atoms with E-state index in [-0.39, 0.29) is 85.6 Å². The number of ether oxygens (including phenoxy) is 6. The standard InChI is InChI=1S/C62H80F2N10O11S/c1-40(65-3)57(77)69-53(41-12-6-4-7-13-41)60(79)73-20-11-18-50(73)59-68-49(39-86-59)56(76)43-16-10-17-46(32-43)85-31-30-84-29-28-83-27-26-82-25-24-81-23-22-80-21-19-52(75)72-36-44(37-72)55(42-14-8-5-9-15-42)74-38-45(35-66-74)67-58(78)54-47-33-51-61(2,62(51,63)64)34-48(47)70-71-54/h5,8-10,14-17,32,35,38-41,44,50-51,53,55,65H,4,6-7,11-13,18-31,33-34,36-37H2,1-3H3,(H,67,78)(H,69,77)(H,70,71)/t40?,50-,51+,53?,55?,61-/m1/s1. The number of carbonyl (C=O) groups excluding carboxylic acids is 5. The number of H-pyrrole nitrogens is 1. The molecule has 4 N–H and O–H groups in total. The number of benzene rings is 2. The number of hydrogen-bond acceptors (Lipinski definition) is 16. The molecule has 0 spiro atoms. The Bertz CT molecular complexity index is 3100. The van der Waals surface area contributed by atoms with Gasteiger partial charge in [0.25, 0.3) is 11.8 Å². The molecule has 5 heterocycles. The summed E-state index contributed by atoms with van der Waals surface area (Å²) in [5.74, 6) is -3.85. The van der Waals surface area contributed by atoms with Crippen molar-refractivity contribution < 1.29 is 61.2 Å². The molecule has 2 saturated heterocycles. The van der Waals surface area contributed by atoms with Gasteiger partial charge in [-0.1, -0.05) is 68.7 Å². The lowest BCUT2D eigenvalue weighted by Crippen LogP contribution is -2.55. The summed E-state index contributed by atoms with van der Waals surface area (Å²) in [6.45, 7) is 8.90. The van der Waals surface area contributed by atoms with Crippen molar-refractivity contribution in [3.63, 3.8) is 0 Å². The summed E-state index contributed by atoms with van der Waals surface area (Å²) in [5, 5.41) is 23.0. The Hall–Kier alpha value is -6.54. The molecular weight excluding hydrogens is 1130 g/mol. The van der Waals surface area contributed by atoms with Crippen molar-refractivity contribution in [2.24, 2.45) is 23.2 Å². The summed E-state index contributed by atoms with van der Waals surface area (Å²) in [5.41, 5.74) is 2.39. The summed E-state index contributed by atoms with van der Waals surface area (Å²) < 4.78 is 64.9. The minimum absolute atomic E-state index is 0.00510. The zero-order chi connectivity index (χ0) is 60.2. The van der Waals surface area contributed by atoms with Gasteiger partial charge in [-0.25, -0.2) is 13.8 Å². The summed E-state index contributed by atoms with van der Waals surface area (Å²) in [4.78, 5) is 75.7. The van der Waals surface area contributed by atoms with Crippen LogP contribution in [0, 0.1) is 23.2 Å². The van der Waals surface area contributed by atoms with E-state index in [1.165, 1.54) is 11.3 Å². The number of amides is 4. The van der Waals surface area contributed by atoms with Crippen LogP contribution in [0.5, 0.6) is 5.75 Å². The molecule has 5 aliphatic rings. The number of rotatable bonds is 32. The van der Waals surface area contributed by atoms with E-state index in [9.17, 15) is 32.8 Å². The number of carbonyl (C=O) groups is 5. The molecule has 6 atom stereocenters. The van der Waals surface area contributed by atoms with Crippen LogP contribution >= 0.6 is 11.3 Å². The second-order valence-corrected chi connectivity index (χ2v) is 24.1.